The maximum absolute atomic E-state index is 14.0. The molecule has 9 atom stereocenters. The standard InChI is InChI=1S/C36H50N4O5/c1-21-29-16-27(36(29,3)4)17-30(21)38-35(44)33-32(22(2)42)31(20-41)45-40(33)18-23-8-6-9-24(14-23)25-10-7-11-26(15-25)34(43)37-28-12-13-39(5)19-28/h6-11,14-15,21-22,27-33,41-42H,12-13,16-20H2,1-5H3,(H,37,43)(H,38,44)/t21-,22-,27-,28+,29+,30-,31-,32+,33-/m0/s1. The zero-order chi connectivity index (χ0) is 32.0. The van der Waals surface area contributed by atoms with Crippen molar-refractivity contribution in [3.8, 4) is 11.1 Å². The van der Waals surface area contributed by atoms with Gasteiger partial charge in [0.15, 0.2) is 0 Å². The molecule has 0 spiro atoms. The van der Waals surface area contributed by atoms with Gasteiger partial charge in [-0.3, -0.25) is 14.4 Å². The number of likely N-dealkylation sites (N-methyl/N-ethyl adjacent to an activating group) is 1. The summed E-state index contributed by atoms with van der Waals surface area (Å²) in [7, 11) is 2.07. The van der Waals surface area contributed by atoms with E-state index in [9.17, 15) is 19.8 Å². The summed E-state index contributed by atoms with van der Waals surface area (Å²) < 4.78 is 0. The Labute approximate surface area is 267 Å². The van der Waals surface area contributed by atoms with Crippen LogP contribution in [0, 0.1) is 29.1 Å². The zero-order valence-corrected chi connectivity index (χ0v) is 27.3. The molecule has 2 bridgehead atoms. The Morgan fingerprint density at radius 1 is 1.09 bits per heavy atom. The van der Waals surface area contributed by atoms with Gasteiger partial charge in [-0.1, -0.05) is 51.1 Å². The second kappa shape index (κ2) is 12.8. The first-order chi connectivity index (χ1) is 21.5. The van der Waals surface area contributed by atoms with E-state index in [0.29, 0.717) is 35.3 Å². The first-order valence-corrected chi connectivity index (χ1v) is 16.7. The van der Waals surface area contributed by atoms with Crippen LogP contribution in [0.1, 0.15) is 62.9 Å². The molecule has 4 N–H and O–H groups in total. The largest absolute Gasteiger partial charge is 0.394 e. The van der Waals surface area contributed by atoms with Gasteiger partial charge in [0.25, 0.3) is 5.91 Å². The topological polar surface area (TPSA) is 114 Å². The first kappa shape index (κ1) is 32.1. The number of carbonyl (C=O) groups is 2. The summed E-state index contributed by atoms with van der Waals surface area (Å²) in [4.78, 5) is 35.4. The van der Waals surface area contributed by atoms with Crippen molar-refractivity contribution in [2.24, 2.45) is 29.1 Å². The number of hydrogen-bond donors (Lipinski definition) is 4. The Kier molecular flexibility index (Phi) is 9.11. The minimum atomic E-state index is -0.844. The third-order valence-electron chi connectivity index (χ3n) is 11.5. The lowest BCUT2D eigenvalue weighted by Crippen LogP contribution is -2.62. The molecular weight excluding hydrogens is 568 g/mol. The predicted octanol–water partition coefficient (Wildman–Crippen LogP) is 3.45. The van der Waals surface area contributed by atoms with Gasteiger partial charge in [0, 0.05) is 30.1 Å². The summed E-state index contributed by atoms with van der Waals surface area (Å²) in [6.07, 6.45) is 1.61. The molecule has 5 aliphatic rings. The Bertz CT molecular complexity index is 1400. The van der Waals surface area contributed by atoms with Gasteiger partial charge in [-0.2, -0.15) is 5.06 Å². The van der Waals surface area contributed by atoms with Crippen molar-refractivity contribution in [3.63, 3.8) is 0 Å². The molecule has 2 aromatic carbocycles. The van der Waals surface area contributed by atoms with Crippen LogP contribution in [0.4, 0.5) is 0 Å². The summed E-state index contributed by atoms with van der Waals surface area (Å²) in [5, 5.41) is 29.1. The fourth-order valence-corrected chi connectivity index (χ4v) is 8.68. The Hall–Kier alpha value is -2.82. The molecule has 2 amide bonds. The lowest BCUT2D eigenvalue weighted by atomic mass is 9.45. The number of fused-ring (bicyclic) bond motifs is 2. The summed E-state index contributed by atoms with van der Waals surface area (Å²) >= 11 is 0. The van der Waals surface area contributed by atoms with Gasteiger partial charge in [0.2, 0.25) is 5.91 Å². The normalized spacial score (nSPS) is 33.4. The fourth-order valence-electron chi connectivity index (χ4n) is 8.68. The Morgan fingerprint density at radius 3 is 2.47 bits per heavy atom. The van der Waals surface area contributed by atoms with Gasteiger partial charge >= 0.3 is 0 Å². The number of likely N-dealkylation sites (tertiary alicyclic amines) is 1. The van der Waals surface area contributed by atoms with Crippen molar-refractivity contribution >= 4 is 11.8 Å². The number of carbonyl (C=O) groups excluding carboxylic acids is 2. The highest BCUT2D eigenvalue weighted by atomic mass is 16.7. The van der Waals surface area contributed by atoms with E-state index < -0.39 is 24.2 Å². The third-order valence-corrected chi connectivity index (χ3v) is 11.5. The lowest BCUT2D eigenvalue weighted by Gasteiger charge is -2.62. The van der Waals surface area contributed by atoms with Crippen LogP contribution in [-0.2, 0) is 16.2 Å². The van der Waals surface area contributed by atoms with Crippen molar-refractivity contribution < 1.29 is 24.6 Å². The molecule has 3 saturated carbocycles. The van der Waals surface area contributed by atoms with Gasteiger partial charge in [-0.25, -0.2) is 0 Å². The predicted molar refractivity (Wildman–Crippen MR) is 173 cm³/mol. The van der Waals surface area contributed by atoms with Gasteiger partial charge in [0.1, 0.15) is 12.1 Å². The molecule has 2 saturated heterocycles. The number of nitrogens with one attached hydrogen (secondary N) is 2. The number of benzene rings is 2. The van der Waals surface area contributed by atoms with Gasteiger partial charge in [-0.15, -0.1) is 0 Å². The highest BCUT2D eigenvalue weighted by molar-refractivity contribution is 5.95. The van der Waals surface area contributed by atoms with Crippen LogP contribution < -0.4 is 10.6 Å². The SMILES string of the molecule is C[C@@H]1[C@@H](NC(=O)[C@@H]2[C@H]([C@H](C)O)[C@H](CO)ON2Cc2cccc(-c3cccc(C(=O)N[C@@H]4CCN(C)C4)c3)c2)C[C@@H]2C[C@H]1C2(C)C. The Morgan fingerprint density at radius 2 is 1.82 bits per heavy atom. The summed E-state index contributed by atoms with van der Waals surface area (Å²) in [6.45, 7) is 10.5. The van der Waals surface area contributed by atoms with E-state index in [1.807, 2.05) is 48.5 Å². The van der Waals surface area contributed by atoms with Crippen molar-refractivity contribution in [2.75, 3.05) is 26.7 Å². The van der Waals surface area contributed by atoms with Crippen LogP contribution in [0.5, 0.6) is 0 Å². The number of nitrogens with zero attached hydrogens (tertiary/aromatic N) is 2. The summed E-state index contributed by atoms with van der Waals surface area (Å²) in [5.41, 5.74) is 3.73. The highest BCUT2D eigenvalue weighted by Crippen LogP contribution is 2.61. The molecule has 9 nitrogen and oxygen atoms in total. The van der Waals surface area contributed by atoms with E-state index in [0.717, 1.165) is 42.6 Å². The van der Waals surface area contributed by atoms with E-state index >= 15 is 0 Å². The molecule has 9 heteroatoms. The highest BCUT2D eigenvalue weighted by Gasteiger charge is 2.57. The number of hydrogen-bond acceptors (Lipinski definition) is 7. The molecule has 2 aromatic rings. The van der Waals surface area contributed by atoms with Gasteiger partial charge < -0.3 is 25.7 Å². The number of rotatable bonds is 9. The number of aliphatic hydroxyl groups is 2. The van der Waals surface area contributed by atoms with Crippen molar-refractivity contribution in [3.05, 3.63) is 59.7 Å². The number of hydroxylamine groups is 2. The molecule has 45 heavy (non-hydrogen) atoms. The van der Waals surface area contributed by atoms with E-state index in [1.54, 1.807) is 12.0 Å². The smallest absolute Gasteiger partial charge is 0.251 e. The van der Waals surface area contributed by atoms with Crippen LogP contribution in [-0.4, -0.2) is 89.1 Å². The van der Waals surface area contributed by atoms with Crippen LogP contribution in [0.15, 0.2) is 48.5 Å². The second-order valence-electron chi connectivity index (χ2n) is 14.7. The summed E-state index contributed by atoms with van der Waals surface area (Å²) in [6, 6.07) is 15.1. The molecule has 5 fully saturated rings. The van der Waals surface area contributed by atoms with Crippen molar-refractivity contribution in [1.82, 2.24) is 20.6 Å². The minimum Gasteiger partial charge on any atom is -0.394 e. The molecular formula is C36H50N4O5. The van der Waals surface area contributed by atoms with E-state index in [4.69, 9.17) is 4.84 Å². The molecule has 2 aliphatic heterocycles. The molecule has 2 heterocycles. The van der Waals surface area contributed by atoms with Crippen LogP contribution in [0.3, 0.4) is 0 Å². The number of aliphatic hydroxyl groups excluding tert-OH is 2. The quantitative estimate of drug-likeness (QED) is 0.341. The maximum Gasteiger partial charge on any atom is 0.251 e. The fraction of sp³-hybridized carbons (Fsp3) is 0.611. The molecule has 7 rings (SSSR count). The van der Waals surface area contributed by atoms with Gasteiger partial charge in [0.05, 0.1) is 19.3 Å². The maximum atomic E-state index is 14.0. The second-order valence-corrected chi connectivity index (χ2v) is 14.7. The van der Waals surface area contributed by atoms with Crippen molar-refractivity contribution in [1.29, 1.82) is 0 Å². The Balaban J connectivity index is 1.18. The molecule has 3 aliphatic carbocycles. The lowest BCUT2D eigenvalue weighted by molar-refractivity contribution is -0.183. The first-order valence-electron chi connectivity index (χ1n) is 16.7. The van der Waals surface area contributed by atoms with Crippen LogP contribution >= 0.6 is 0 Å². The molecule has 0 aromatic heterocycles. The molecule has 0 unspecified atom stereocenters. The van der Waals surface area contributed by atoms with Crippen LogP contribution in [0.25, 0.3) is 11.1 Å². The average Bonchev–Trinajstić information content (AvgIpc) is 3.60. The van der Waals surface area contributed by atoms with Gasteiger partial charge in [-0.05, 0) is 97.8 Å². The summed E-state index contributed by atoms with van der Waals surface area (Å²) in [5.74, 6) is 0.771. The van der Waals surface area contributed by atoms with E-state index in [-0.39, 0.29) is 30.5 Å². The van der Waals surface area contributed by atoms with E-state index in [1.165, 1.54) is 6.42 Å². The van der Waals surface area contributed by atoms with Crippen molar-refractivity contribution in [2.45, 2.75) is 83.8 Å². The van der Waals surface area contributed by atoms with E-state index in [2.05, 4.69) is 43.4 Å². The minimum absolute atomic E-state index is 0.0695. The molecule has 0 radical (unpaired) electrons. The molecule has 244 valence electrons. The average molecular weight is 619 g/mol. The zero-order valence-electron chi connectivity index (χ0n) is 27.3. The monoisotopic (exact) mass is 618 g/mol. The number of amides is 2. The van der Waals surface area contributed by atoms with Crippen LogP contribution in [0.2, 0.25) is 0 Å². The third kappa shape index (κ3) is 6.30.